The van der Waals surface area contributed by atoms with E-state index >= 15 is 0 Å². The summed E-state index contributed by atoms with van der Waals surface area (Å²) in [5.74, 6) is -0.338. The Morgan fingerprint density at radius 3 is 2.81 bits per heavy atom. The molecule has 1 aliphatic carbocycles. The molecule has 1 heterocycles. The van der Waals surface area contributed by atoms with Crippen molar-refractivity contribution in [1.82, 2.24) is 5.32 Å². The van der Waals surface area contributed by atoms with Crippen LogP contribution in [0, 0.1) is 0 Å². The Balaban J connectivity index is 1.92. The molecule has 3 nitrogen and oxygen atoms in total. The summed E-state index contributed by atoms with van der Waals surface area (Å²) in [6.45, 7) is 6.17. The smallest absolute Gasteiger partial charge is 0.330 e. The molecule has 3 heteroatoms. The molecule has 21 heavy (non-hydrogen) atoms. The maximum Gasteiger partial charge on any atom is 0.330 e. The van der Waals surface area contributed by atoms with Gasteiger partial charge in [-0.2, -0.15) is 0 Å². The summed E-state index contributed by atoms with van der Waals surface area (Å²) in [6.07, 6.45) is 14.1. The van der Waals surface area contributed by atoms with Crippen LogP contribution < -0.4 is 5.32 Å². The third-order valence-electron chi connectivity index (χ3n) is 3.91. The largest absolute Gasteiger partial charge is 0.466 e. The van der Waals surface area contributed by atoms with Crippen molar-refractivity contribution < 1.29 is 9.53 Å². The number of carbonyl (C=O) groups is 1. The number of allylic oxidation sites excluding steroid dienone is 5. The van der Waals surface area contributed by atoms with Gasteiger partial charge in [-0.05, 0) is 43.8 Å². The molecule has 0 amide bonds. The van der Waals surface area contributed by atoms with Crippen LogP contribution in [0.4, 0.5) is 0 Å². The van der Waals surface area contributed by atoms with E-state index in [1.165, 1.54) is 42.9 Å². The van der Waals surface area contributed by atoms with E-state index in [-0.39, 0.29) is 12.0 Å². The number of hydrogen-bond donors (Lipinski definition) is 1. The summed E-state index contributed by atoms with van der Waals surface area (Å²) in [5.41, 5.74) is 5.02. The molecular formula is C18H23NO2. The van der Waals surface area contributed by atoms with Gasteiger partial charge in [0.15, 0.2) is 0 Å². The number of methoxy groups -OCH3 is 1. The minimum absolute atomic E-state index is 0.210. The van der Waals surface area contributed by atoms with Crippen molar-refractivity contribution in [3.63, 3.8) is 0 Å². The zero-order valence-electron chi connectivity index (χ0n) is 12.8. The molecule has 0 saturated carbocycles. The molecule has 1 aliphatic heterocycles. The van der Waals surface area contributed by atoms with Crippen molar-refractivity contribution in [3.05, 3.63) is 59.4 Å². The van der Waals surface area contributed by atoms with Gasteiger partial charge < -0.3 is 10.1 Å². The Hall–Kier alpha value is -2.03. The molecule has 0 bridgehead atoms. The van der Waals surface area contributed by atoms with Crippen molar-refractivity contribution in [2.24, 2.45) is 0 Å². The van der Waals surface area contributed by atoms with E-state index in [4.69, 9.17) is 0 Å². The molecule has 2 rings (SSSR count). The highest BCUT2D eigenvalue weighted by Crippen LogP contribution is 2.34. The lowest BCUT2D eigenvalue weighted by atomic mass is 9.93. The van der Waals surface area contributed by atoms with Gasteiger partial charge in [-0.3, -0.25) is 0 Å². The quantitative estimate of drug-likeness (QED) is 0.487. The van der Waals surface area contributed by atoms with Crippen LogP contribution in [0.25, 0.3) is 0 Å². The zero-order chi connectivity index (χ0) is 15.2. The van der Waals surface area contributed by atoms with Crippen LogP contribution in [0.2, 0.25) is 0 Å². The third-order valence-corrected chi connectivity index (χ3v) is 3.91. The van der Waals surface area contributed by atoms with Crippen molar-refractivity contribution in [2.75, 3.05) is 7.11 Å². The monoisotopic (exact) mass is 285 g/mol. The molecule has 1 atom stereocenters. The van der Waals surface area contributed by atoms with E-state index < -0.39 is 0 Å². The second kappa shape index (κ2) is 7.11. The molecule has 0 saturated heterocycles. The van der Waals surface area contributed by atoms with Gasteiger partial charge in [0.05, 0.1) is 13.2 Å². The highest BCUT2D eigenvalue weighted by molar-refractivity contribution is 5.82. The highest BCUT2D eigenvalue weighted by Gasteiger charge is 2.26. The van der Waals surface area contributed by atoms with E-state index in [2.05, 4.69) is 22.7 Å². The highest BCUT2D eigenvalue weighted by atomic mass is 16.5. The maximum atomic E-state index is 11.0. The Morgan fingerprint density at radius 2 is 2.10 bits per heavy atom. The van der Waals surface area contributed by atoms with Gasteiger partial charge in [-0.25, -0.2) is 4.79 Å². The Kier molecular flexibility index (Phi) is 5.20. The predicted octanol–water partition coefficient (Wildman–Crippen LogP) is 3.57. The first-order valence-corrected chi connectivity index (χ1v) is 7.40. The standard InChI is InChI=1S/C18H23NO2/c1-13(11-12-18(20)21-3)7-6-10-16-14(2)15-8-4-5-9-17(15)19-16/h6-7,10-12,16,19H,2,4-5,8-9H2,1,3H3/b10-6?,12-11+,13-7+. The lowest BCUT2D eigenvalue weighted by Crippen LogP contribution is -2.21. The van der Waals surface area contributed by atoms with Gasteiger partial charge in [0, 0.05) is 11.8 Å². The van der Waals surface area contributed by atoms with Gasteiger partial charge in [0.2, 0.25) is 0 Å². The Bertz CT molecular complexity index is 550. The number of esters is 1. The molecule has 0 spiro atoms. The van der Waals surface area contributed by atoms with Crippen LogP contribution in [0.1, 0.15) is 32.6 Å². The van der Waals surface area contributed by atoms with E-state index in [1.54, 1.807) is 6.08 Å². The molecule has 2 aliphatic rings. The lowest BCUT2D eigenvalue weighted by Gasteiger charge is -2.12. The molecule has 0 aromatic carbocycles. The van der Waals surface area contributed by atoms with Crippen molar-refractivity contribution >= 4 is 5.97 Å². The summed E-state index contributed by atoms with van der Waals surface area (Å²) < 4.78 is 4.56. The number of nitrogens with one attached hydrogen (secondary N) is 1. The van der Waals surface area contributed by atoms with Crippen LogP contribution >= 0.6 is 0 Å². The van der Waals surface area contributed by atoms with Gasteiger partial charge >= 0.3 is 5.97 Å². The summed E-state index contributed by atoms with van der Waals surface area (Å²) >= 11 is 0. The molecule has 1 unspecified atom stereocenters. The summed E-state index contributed by atoms with van der Waals surface area (Å²) in [6, 6.07) is 0.210. The number of carbonyl (C=O) groups excluding carboxylic acids is 1. The van der Waals surface area contributed by atoms with Crippen LogP contribution in [0.5, 0.6) is 0 Å². The van der Waals surface area contributed by atoms with E-state index in [1.807, 2.05) is 19.1 Å². The zero-order valence-corrected chi connectivity index (χ0v) is 12.8. The van der Waals surface area contributed by atoms with Gasteiger partial charge in [-0.15, -0.1) is 0 Å². The van der Waals surface area contributed by atoms with Crippen molar-refractivity contribution in [1.29, 1.82) is 0 Å². The molecule has 0 aromatic heterocycles. The first-order valence-electron chi connectivity index (χ1n) is 7.40. The molecule has 1 N–H and O–H groups in total. The average molecular weight is 285 g/mol. The minimum atomic E-state index is -0.338. The first-order chi connectivity index (χ1) is 10.1. The Morgan fingerprint density at radius 1 is 1.33 bits per heavy atom. The summed E-state index contributed by atoms with van der Waals surface area (Å²) in [4.78, 5) is 11.0. The predicted molar refractivity (Wildman–Crippen MR) is 85.6 cm³/mol. The molecule has 0 aromatic rings. The normalized spacial score (nSPS) is 22.9. The number of ether oxygens (including phenoxy) is 1. The van der Waals surface area contributed by atoms with Crippen LogP contribution in [0.3, 0.4) is 0 Å². The fourth-order valence-corrected chi connectivity index (χ4v) is 2.69. The van der Waals surface area contributed by atoms with Crippen LogP contribution in [0.15, 0.2) is 59.4 Å². The number of rotatable bonds is 4. The third kappa shape index (κ3) is 3.97. The topological polar surface area (TPSA) is 38.3 Å². The number of hydrogen-bond acceptors (Lipinski definition) is 3. The summed E-state index contributed by atoms with van der Waals surface area (Å²) in [7, 11) is 1.37. The molecule has 112 valence electrons. The van der Waals surface area contributed by atoms with E-state index in [0.29, 0.717) is 0 Å². The van der Waals surface area contributed by atoms with Gasteiger partial charge in [0.1, 0.15) is 0 Å². The maximum absolute atomic E-state index is 11.0. The second-order valence-corrected chi connectivity index (χ2v) is 5.46. The van der Waals surface area contributed by atoms with Crippen LogP contribution in [-0.2, 0) is 9.53 Å². The second-order valence-electron chi connectivity index (χ2n) is 5.46. The average Bonchev–Trinajstić information content (AvgIpc) is 2.82. The van der Waals surface area contributed by atoms with E-state index in [9.17, 15) is 4.79 Å². The van der Waals surface area contributed by atoms with E-state index in [0.717, 1.165) is 18.4 Å². The van der Waals surface area contributed by atoms with Crippen molar-refractivity contribution in [3.8, 4) is 0 Å². The summed E-state index contributed by atoms with van der Waals surface area (Å²) in [5, 5.41) is 3.55. The first kappa shape index (κ1) is 15.4. The Labute approximate surface area is 126 Å². The van der Waals surface area contributed by atoms with Gasteiger partial charge in [0.25, 0.3) is 0 Å². The fraction of sp³-hybridized carbons (Fsp3) is 0.389. The molecular weight excluding hydrogens is 262 g/mol. The van der Waals surface area contributed by atoms with Gasteiger partial charge in [-0.1, -0.05) is 36.5 Å². The molecule has 0 fully saturated rings. The van der Waals surface area contributed by atoms with Crippen molar-refractivity contribution in [2.45, 2.75) is 38.6 Å². The minimum Gasteiger partial charge on any atom is -0.466 e. The fourth-order valence-electron chi connectivity index (χ4n) is 2.69. The molecule has 0 radical (unpaired) electrons. The lowest BCUT2D eigenvalue weighted by molar-refractivity contribution is -0.134. The van der Waals surface area contributed by atoms with Crippen LogP contribution in [-0.4, -0.2) is 19.1 Å². The SMILES string of the molecule is C=C1C2=C(CCCC2)NC1C=C/C=C(C)/C=C/C(=O)OC.